The summed E-state index contributed by atoms with van der Waals surface area (Å²) in [7, 11) is 0. The molecule has 1 amide bonds. The Bertz CT molecular complexity index is 534. The Morgan fingerprint density at radius 2 is 2.11 bits per heavy atom. The zero-order valence-electron chi connectivity index (χ0n) is 10.8. The summed E-state index contributed by atoms with van der Waals surface area (Å²) in [6.07, 6.45) is 6.71. The molecule has 0 aromatic heterocycles. The predicted molar refractivity (Wildman–Crippen MR) is 73.2 cm³/mol. The lowest BCUT2D eigenvalue weighted by molar-refractivity contribution is -0.120. The molecule has 1 aliphatic carbocycles. The summed E-state index contributed by atoms with van der Waals surface area (Å²) in [5.41, 5.74) is 1.56. The first-order valence-corrected chi connectivity index (χ1v) is 6.37. The molecule has 0 spiro atoms. The van der Waals surface area contributed by atoms with Gasteiger partial charge in [0.15, 0.2) is 0 Å². The number of nitrogens with one attached hydrogen (secondary N) is 1. The van der Waals surface area contributed by atoms with Crippen LogP contribution in [-0.2, 0) is 4.79 Å². The third kappa shape index (κ3) is 3.22. The van der Waals surface area contributed by atoms with Gasteiger partial charge >= 0.3 is 5.97 Å². The van der Waals surface area contributed by atoms with Crippen molar-refractivity contribution in [2.45, 2.75) is 26.2 Å². The lowest BCUT2D eigenvalue weighted by Gasteiger charge is -2.17. The highest BCUT2D eigenvalue weighted by Gasteiger charge is 2.19. The lowest BCUT2D eigenvalue weighted by atomic mass is 9.93. The van der Waals surface area contributed by atoms with E-state index in [-0.39, 0.29) is 17.4 Å². The van der Waals surface area contributed by atoms with Gasteiger partial charge in [0.2, 0.25) is 5.91 Å². The molecule has 0 saturated carbocycles. The van der Waals surface area contributed by atoms with Crippen LogP contribution in [-0.4, -0.2) is 17.0 Å². The molecule has 0 radical (unpaired) electrons. The molecule has 100 valence electrons. The smallest absolute Gasteiger partial charge is 0.335 e. The average Bonchev–Trinajstić information content (AvgIpc) is 2.39. The normalized spacial score (nSPS) is 18.1. The van der Waals surface area contributed by atoms with Crippen molar-refractivity contribution in [2.24, 2.45) is 5.92 Å². The summed E-state index contributed by atoms with van der Waals surface area (Å²) >= 11 is 0. The van der Waals surface area contributed by atoms with E-state index in [1.165, 1.54) is 6.07 Å². The third-order valence-corrected chi connectivity index (χ3v) is 3.36. The number of allylic oxidation sites excluding steroid dienone is 2. The Kier molecular flexibility index (Phi) is 4.00. The first kappa shape index (κ1) is 13.3. The number of carbonyl (C=O) groups is 2. The second-order valence-electron chi connectivity index (χ2n) is 4.81. The van der Waals surface area contributed by atoms with Gasteiger partial charge < -0.3 is 10.4 Å². The van der Waals surface area contributed by atoms with Crippen LogP contribution in [0.15, 0.2) is 30.4 Å². The number of amides is 1. The largest absolute Gasteiger partial charge is 0.478 e. The molecule has 4 nitrogen and oxygen atoms in total. The van der Waals surface area contributed by atoms with Crippen molar-refractivity contribution in [3.63, 3.8) is 0 Å². The van der Waals surface area contributed by atoms with E-state index in [0.717, 1.165) is 19.3 Å². The van der Waals surface area contributed by atoms with Gasteiger partial charge in [-0.25, -0.2) is 4.79 Å². The molecule has 1 aromatic carbocycles. The van der Waals surface area contributed by atoms with Crippen molar-refractivity contribution < 1.29 is 14.7 Å². The van der Waals surface area contributed by atoms with Gasteiger partial charge in [0.1, 0.15) is 0 Å². The Morgan fingerprint density at radius 1 is 1.32 bits per heavy atom. The minimum atomic E-state index is -0.951. The number of hydrogen-bond donors (Lipinski definition) is 2. The maximum atomic E-state index is 12.0. The van der Waals surface area contributed by atoms with E-state index >= 15 is 0 Å². The SMILES string of the molecule is Cc1cc(NC(=O)[C@H]2CC=CCC2)ccc1C(=O)O. The fraction of sp³-hybridized carbons (Fsp3) is 0.333. The molecular formula is C15H17NO3. The number of aromatic carboxylic acids is 1. The van der Waals surface area contributed by atoms with Crippen LogP contribution in [0, 0.1) is 12.8 Å². The van der Waals surface area contributed by atoms with Gasteiger partial charge in [-0.05, 0) is 49.9 Å². The Hall–Kier alpha value is -2.10. The summed E-state index contributed by atoms with van der Waals surface area (Å²) in [6, 6.07) is 4.85. The van der Waals surface area contributed by atoms with Crippen molar-refractivity contribution in [3.05, 3.63) is 41.5 Å². The monoisotopic (exact) mass is 259 g/mol. The first-order valence-electron chi connectivity index (χ1n) is 6.37. The second kappa shape index (κ2) is 5.69. The molecule has 1 aliphatic rings. The molecule has 2 rings (SSSR count). The second-order valence-corrected chi connectivity index (χ2v) is 4.81. The minimum absolute atomic E-state index is 0.00632. The highest BCUT2D eigenvalue weighted by Crippen LogP contribution is 2.21. The summed E-state index contributed by atoms with van der Waals surface area (Å²) in [6.45, 7) is 1.72. The van der Waals surface area contributed by atoms with E-state index in [1.807, 2.05) is 6.08 Å². The van der Waals surface area contributed by atoms with E-state index in [4.69, 9.17) is 5.11 Å². The Labute approximate surface area is 112 Å². The molecule has 0 heterocycles. The minimum Gasteiger partial charge on any atom is -0.478 e. The number of hydrogen-bond acceptors (Lipinski definition) is 2. The van der Waals surface area contributed by atoms with Crippen molar-refractivity contribution in [3.8, 4) is 0 Å². The van der Waals surface area contributed by atoms with Crippen molar-refractivity contribution in [1.29, 1.82) is 0 Å². The highest BCUT2D eigenvalue weighted by atomic mass is 16.4. The number of aryl methyl sites for hydroxylation is 1. The van der Waals surface area contributed by atoms with E-state index in [2.05, 4.69) is 11.4 Å². The molecule has 0 bridgehead atoms. The molecule has 1 atom stereocenters. The van der Waals surface area contributed by atoms with Gasteiger partial charge in [-0.2, -0.15) is 0 Å². The Morgan fingerprint density at radius 3 is 2.68 bits per heavy atom. The first-order chi connectivity index (χ1) is 9.08. The number of carboxylic acid groups (broad SMARTS) is 1. The molecule has 4 heteroatoms. The lowest BCUT2D eigenvalue weighted by Crippen LogP contribution is -2.23. The maximum absolute atomic E-state index is 12.0. The van der Waals surface area contributed by atoms with Crippen LogP contribution in [0.1, 0.15) is 35.2 Å². The topological polar surface area (TPSA) is 66.4 Å². The number of carbonyl (C=O) groups excluding carboxylic acids is 1. The quantitative estimate of drug-likeness (QED) is 0.820. The fourth-order valence-electron chi connectivity index (χ4n) is 2.26. The Balaban J connectivity index is 2.07. The molecular weight excluding hydrogens is 242 g/mol. The molecule has 0 unspecified atom stereocenters. The fourth-order valence-corrected chi connectivity index (χ4v) is 2.26. The number of anilines is 1. The van der Waals surface area contributed by atoms with Gasteiger partial charge in [0, 0.05) is 11.6 Å². The van der Waals surface area contributed by atoms with Crippen LogP contribution in [0.25, 0.3) is 0 Å². The van der Waals surface area contributed by atoms with Gasteiger partial charge in [0.05, 0.1) is 5.56 Å². The van der Waals surface area contributed by atoms with Gasteiger partial charge in [-0.15, -0.1) is 0 Å². The van der Waals surface area contributed by atoms with E-state index in [0.29, 0.717) is 11.3 Å². The molecule has 19 heavy (non-hydrogen) atoms. The maximum Gasteiger partial charge on any atom is 0.335 e. The predicted octanol–water partition coefficient (Wildman–Crippen LogP) is 2.99. The van der Waals surface area contributed by atoms with Crippen LogP contribution in [0.4, 0.5) is 5.69 Å². The van der Waals surface area contributed by atoms with Gasteiger partial charge in [-0.3, -0.25) is 4.79 Å². The number of carboxylic acids is 1. The number of benzene rings is 1. The highest BCUT2D eigenvalue weighted by molar-refractivity contribution is 5.94. The van der Waals surface area contributed by atoms with Crippen LogP contribution in [0.2, 0.25) is 0 Å². The zero-order chi connectivity index (χ0) is 13.8. The van der Waals surface area contributed by atoms with Gasteiger partial charge in [0.25, 0.3) is 0 Å². The summed E-state index contributed by atoms with van der Waals surface area (Å²) < 4.78 is 0. The van der Waals surface area contributed by atoms with E-state index in [9.17, 15) is 9.59 Å². The van der Waals surface area contributed by atoms with E-state index in [1.54, 1.807) is 19.1 Å². The van der Waals surface area contributed by atoms with E-state index < -0.39 is 5.97 Å². The van der Waals surface area contributed by atoms with Crippen molar-refractivity contribution >= 4 is 17.6 Å². The van der Waals surface area contributed by atoms with Crippen molar-refractivity contribution in [1.82, 2.24) is 0 Å². The van der Waals surface area contributed by atoms with Crippen molar-refractivity contribution in [2.75, 3.05) is 5.32 Å². The molecule has 1 aromatic rings. The zero-order valence-corrected chi connectivity index (χ0v) is 10.8. The van der Waals surface area contributed by atoms with Crippen LogP contribution < -0.4 is 5.32 Å². The average molecular weight is 259 g/mol. The molecule has 2 N–H and O–H groups in total. The van der Waals surface area contributed by atoms with Crippen LogP contribution in [0.5, 0.6) is 0 Å². The summed E-state index contributed by atoms with van der Waals surface area (Å²) in [4.78, 5) is 22.9. The van der Waals surface area contributed by atoms with Gasteiger partial charge in [-0.1, -0.05) is 12.2 Å². The van der Waals surface area contributed by atoms with Crippen LogP contribution >= 0.6 is 0 Å². The number of rotatable bonds is 3. The molecule has 0 fully saturated rings. The standard InChI is InChI=1S/C15H17NO3/c1-10-9-12(7-8-13(10)15(18)19)16-14(17)11-5-3-2-4-6-11/h2-3,7-9,11H,4-6H2,1H3,(H,16,17)(H,18,19)/t11-/m0/s1. The van der Waals surface area contributed by atoms with Crippen LogP contribution in [0.3, 0.4) is 0 Å². The summed E-state index contributed by atoms with van der Waals surface area (Å²) in [5, 5.41) is 11.8. The third-order valence-electron chi connectivity index (χ3n) is 3.36. The summed E-state index contributed by atoms with van der Waals surface area (Å²) in [5.74, 6) is -0.927. The molecule has 0 aliphatic heterocycles. The molecule has 0 saturated heterocycles.